The summed E-state index contributed by atoms with van der Waals surface area (Å²) in [5.74, 6) is 0.355. The molecule has 2 nitrogen and oxygen atoms in total. The molecular formula is C17H28FNO. The maximum absolute atomic E-state index is 13.3. The first kappa shape index (κ1) is 17.1. The summed E-state index contributed by atoms with van der Waals surface area (Å²) in [4.78, 5) is 0. The van der Waals surface area contributed by atoms with E-state index in [1.807, 2.05) is 6.07 Å². The molecule has 0 saturated heterocycles. The minimum atomic E-state index is -0.151. The Hall–Kier alpha value is -0.930. The number of nitrogens with one attached hydrogen (secondary N) is 1. The average molecular weight is 281 g/mol. The van der Waals surface area contributed by atoms with Crippen LogP contribution < -0.4 is 5.32 Å². The highest BCUT2D eigenvalue weighted by molar-refractivity contribution is 5.16. The van der Waals surface area contributed by atoms with Crippen LogP contribution in [0.4, 0.5) is 4.39 Å². The molecule has 114 valence electrons. The standard InChI is InChI=1S/C17H28FNO/c1-17(2,3)19-13-15(8-6-10-20-4)11-14-7-5-9-16(18)12-14/h5,7,9,12,15,19H,6,8,10-11,13H2,1-4H3. The van der Waals surface area contributed by atoms with Gasteiger partial charge in [-0.25, -0.2) is 4.39 Å². The maximum Gasteiger partial charge on any atom is 0.123 e. The molecular weight excluding hydrogens is 253 g/mol. The van der Waals surface area contributed by atoms with Gasteiger partial charge in [0, 0.05) is 19.3 Å². The van der Waals surface area contributed by atoms with Gasteiger partial charge in [0.1, 0.15) is 5.82 Å². The maximum atomic E-state index is 13.3. The lowest BCUT2D eigenvalue weighted by molar-refractivity contribution is 0.185. The Morgan fingerprint density at radius 3 is 2.65 bits per heavy atom. The van der Waals surface area contributed by atoms with Crippen molar-refractivity contribution in [2.45, 2.75) is 45.6 Å². The van der Waals surface area contributed by atoms with Gasteiger partial charge in [-0.3, -0.25) is 0 Å². The van der Waals surface area contributed by atoms with Crippen molar-refractivity contribution in [1.29, 1.82) is 0 Å². The summed E-state index contributed by atoms with van der Waals surface area (Å²) in [6.45, 7) is 8.24. The minimum Gasteiger partial charge on any atom is -0.385 e. The van der Waals surface area contributed by atoms with Crippen molar-refractivity contribution in [2.75, 3.05) is 20.3 Å². The van der Waals surface area contributed by atoms with Crippen molar-refractivity contribution in [1.82, 2.24) is 5.32 Å². The summed E-state index contributed by atoms with van der Waals surface area (Å²) < 4.78 is 18.4. The highest BCUT2D eigenvalue weighted by Crippen LogP contribution is 2.16. The second-order valence-electron chi connectivity index (χ2n) is 6.47. The molecule has 1 N–H and O–H groups in total. The van der Waals surface area contributed by atoms with E-state index in [0.717, 1.165) is 38.0 Å². The highest BCUT2D eigenvalue weighted by atomic mass is 19.1. The zero-order valence-corrected chi connectivity index (χ0v) is 13.2. The van der Waals surface area contributed by atoms with Crippen molar-refractivity contribution < 1.29 is 9.13 Å². The molecule has 0 aromatic heterocycles. The third-order valence-electron chi connectivity index (χ3n) is 3.30. The summed E-state index contributed by atoms with van der Waals surface area (Å²) >= 11 is 0. The first-order valence-electron chi connectivity index (χ1n) is 7.39. The van der Waals surface area contributed by atoms with Crippen molar-refractivity contribution in [3.63, 3.8) is 0 Å². The van der Waals surface area contributed by atoms with Gasteiger partial charge in [-0.15, -0.1) is 0 Å². The van der Waals surface area contributed by atoms with E-state index in [1.165, 1.54) is 6.07 Å². The fourth-order valence-electron chi connectivity index (χ4n) is 2.24. The molecule has 0 saturated carbocycles. The smallest absolute Gasteiger partial charge is 0.123 e. The Morgan fingerprint density at radius 1 is 1.30 bits per heavy atom. The Balaban J connectivity index is 2.56. The van der Waals surface area contributed by atoms with Crippen molar-refractivity contribution >= 4 is 0 Å². The molecule has 1 unspecified atom stereocenters. The summed E-state index contributed by atoms with van der Waals surface area (Å²) in [5.41, 5.74) is 1.18. The van der Waals surface area contributed by atoms with E-state index in [1.54, 1.807) is 19.2 Å². The highest BCUT2D eigenvalue weighted by Gasteiger charge is 2.15. The molecule has 1 rings (SSSR count). The summed E-state index contributed by atoms with van der Waals surface area (Å²) in [7, 11) is 1.73. The molecule has 0 aliphatic heterocycles. The van der Waals surface area contributed by atoms with E-state index in [9.17, 15) is 4.39 Å². The minimum absolute atomic E-state index is 0.113. The van der Waals surface area contributed by atoms with Gasteiger partial charge in [-0.1, -0.05) is 12.1 Å². The molecule has 1 aromatic rings. The van der Waals surface area contributed by atoms with Crippen LogP contribution >= 0.6 is 0 Å². The first-order chi connectivity index (χ1) is 9.40. The molecule has 20 heavy (non-hydrogen) atoms. The van der Waals surface area contributed by atoms with Crippen molar-refractivity contribution in [3.05, 3.63) is 35.6 Å². The van der Waals surface area contributed by atoms with Gasteiger partial charge in [0.15, 0.2) is 0 Å². The predicted molar refractivity (Wildman–Crippen MR) is 82.5 cm³/mol. The molecule has 0 aliphatic carbocycles. The second-order valence-corrected chi connectivity index (χ2v) is 6.47. The lowest BCUT2D eigenvalue weighted by atomic mass is 9.93. The first-order valence-corrected chi connectivity index (χ1v) is 7.39. The van der Waals surface area contributed by atoms with Crippen LogP contribution in [0.15, 0.2) is 24.3 Å². The van der Waals surface area contributed by atoms with Crippen LogP contribution in [0, 0.1) is 11.7 Å². The molecule has 1 aromatic carbocycles. The molecule has 0 heterocycles. The van der Waals surface area contributed by atoms with E-state index in [-0.39, 0.29) is 11.4 Å². The third kappa shape index (κ3) is 7.61. The summed E-state index contributed by atoms with van der Waals surface area (Å²) in [6, 6.07) is 6.93. The fourth-order valence-corrected chi connectivity index (χ4v) is 2.24. The van der Waals surface area contributed by atoms with E-state index in [4.69, 9.17) is 4.74 Å². The molecule has 1 atom stereocenters. The van der Waals surface area contributed by atoms with Crippen LogP contribution in [0.25, 0.3) is 0 Å². The van der Waals surface area contributed by atoms with Gasteiger partial charge in [-0.05, 0) is 70.2 Å². The fraction of sp³-hybridized carbons (Fsp3) is 0.647. The van der Waals surface area contributed by atoms with E-state index in [0.29, 0.717) is 5.92 Å². The van der Waals surface area contributed by atoms with Gasteiger partial charge in [-0.2, -0.15) is 0 Å². The van der Waals surface area contributed by atoms with E-state index < -0.39 is 0 Å². The SMILES string of the molecule is COCCCC(CNC(C)(C)C)Cc1cccc(F)c1. The lowest BCUT2D eigenvalue weighted by Crippen LogP contribution is -2.39. The number of halogens is 1. The zero-order chi connectivity index (χ0) is 15.0. The topological polar surface area (TPSA) is 21.3 Å². The largest absolute Gasteiger partial charge is 0.385 e. The van der Waals surface area contributed by atoms with E-state index in [2.05, 4.69) is 26.1 Å². The number of benzene rings is 1. The van der Waals surface area contributed by atoms with Gasteiger partial charge in [0.05, 0.1) is 0 Å². The monoisotopic (exact) mass is 281 g/mol. The lowest BCUT2D eigenvalue weighted by Gasteiger charge is -2.25. The summed E-state index contributed by atoms with van der Waals surface area (Å²) in [5, 5.41) is 3.55. The Morgan fingerprint density at radius 2 is 2.05 bits per heavy atom. The summed E-state index contributed by atoms with van der Waals surface area (Å²) in [6.07, 6.45) is 3.04. The second kappa shape index (κ2) is 8.38. The molecule has 0 fully saturated rings. The van der Waals surface area contributed by atoms with E-state index >= 15 is 0 Å². The van der Waals surface area contributed by atoms with Gasteiger partial charge < -0.3 is 10.1 Å². The van der Waals surface area contributed by atoms with Crippen LogP contribution in [-0.2, 0) is 11.2 Å². The van der Waals surface area contributed by atoms with Crippen molar-refractivity contribution in [3.8, 4) is 0 Å². The Bertz CT molecular complexity index is 387. The zero-order valence-electron chi connectivity index (χ0n) is 13.2. The quantitative estimate of drug-likeness (QED) is 0.732. The van der Waals surface area contributed by atoms with Crippen molar-refractivity contribution in [2.24, 2.45) is 5.92 Å². The number of ether oxygens (including phenoxy) is 1. The van der Waals surface area contributed by atoms with Gasteiger partial charge >= 0.3 is 0 Å². The normalized spacial score (nSPS) is 13.4. The van der Waals surface area contributed by atoms with Crippen LogP contribution in [0.1, 0.15) is 39.2 Å². The van der Waals surface area contributed by atoms with Crippen LogP contribution in [0.5, 0.6) is 0 Å². The Kier molecular flexibility index (Phi) is 7.17. The Labute approximate surface area is 122 Å². The van der Waals surface area contributed by atoms with Crippen LogP contribution in [0.3, 0.4) is 0 Å². The molecule has 3 heteroatoms. The number of hydrogen-bond donors (Lipinski definition) is 1. The van der Waals surface area contributed by atoms with Gasteiger partial charge in [0.25, 0.3) is 0 Å². The van der Waals surface area contributed by atoms with Crippen LogP contribution in [0.2, 0.25) is 0 Å². The molecule has 0 aliphatic rings. The van der Waals surface area contributed by atoms with Crippen LogP contribution in [-0.4, -0.2) is 25.8 Å². The average Bonchev–Trinajstić information content (AvgIpc) is 2.35. The van der Waals surface area contributed by atoms with Gasteiger partial charge in [0.2, 0.25) is 0 Å². The molecule has 0 spiro atoms. The molecule has 0 amide bonds. The number of hydrogen-bond acceptors (Lipinski definition) is 2. The number of methoxy groups -OCH3 is 1. The predicted octanol–water partition coefficient (Wildman–Crippen LogP) is 3.80. The number of rotatable bonds is 8. The molecule has 0 radical (unpaired) electrons. The third-order valence-corrected chi connectivity index (χ3v) is 3.30. The molecule has 0 bridgehead atoms.